The van der Waals surface area contributed by atoms with Crippen LogP contribution in [0.15, 0.2) is 24.3 Å². The fourth-order valence-corrected chi connectivity index (χ4v) is 2.29. The average molecular weight is 335 g/mol. The Balaban J connectivity index is 2.06. The van der Waals surface area contributed by atoms with Crippen molar-refractivity contribution in [1.29, 1.82) is 0 Å². The number of aliphatic carboxylic acids is 1. The van der Waals surface area contributed by atoms with E-state index >= 15 is 0 Å². The molecule has 24 heavy (non-hydrogen) atoms. The molecule has 7 nitrogen and oxygen atoms in total. The molecule has 0 fully saturated rings. The van der Waals surface area contributed by atoms with Crippen LogP contribution in [0.2, 0.25) is 0 Å². The van der Waals surface area contributed by atoms with Crippen molar-refractivity contribution >= 4 is 11.9 Å². The van der Waals surface area contributed by atoms with Crippen molar-refractivity contribution in [2.24, 2.45) is 0 Å². The minimum absolute atomic E-state index is 0.0994. The number of rotatable bonds is 7. The highest BCUT2D eigenvalue weighted by molar-refractivity contribution is 5.96. The maximum absolute atomic E-state index is 13.0. The van der Waals surface area contributed by atoms with Gasteiger partial charge < -0.3 is 15.2 Å². The van der Waals surface area contributed by atoms with Crippen molar-refractivity contribution < 1.29 is 23.8 Å². The second kappa shape index (κ2) is 7.69. The van der Waals surface area contributed by atoms with E-state index in [1.165, 1.54) is 12.1 Å². The van der Waals surface area contributed by atoms with Gasteiger partial charge in [0.2, 0.25) is 0 Å². The average Bonchev–Trinajstić information content (AvgIpc) is 2.82. The van der Waals surface area contributed by atoms with Gasteiger partial charge >= 0.3 is 5.97 Å². The lowest BCUT2D eigenvalue weighted by molar-refractivity contribution is -0.142. The molecular formula is C16H18FN3O4. The summed E-state index contributed by atoms with van der Waals surface area (Å²) < 4.78 is 19.5. The van der Waals surface area contributed by atoms with Crippen LogP contribution >= 0.6 is 0 Å². The van der Waals surface area contributed by atoms with Crippen molar-refractivity contribution in [3.05, 3.63) is 47.0 Å². The Bertz CT molecular complexity index is 741. The van der Waals surface area contributed by atoms with E-state index in [0.29, 0.717) is 22.6 Å². The predicted octanol–water partition coefficient (Wildman–Crippen LogP) is 1.46. The maximum atomic E-state index is 13.0. The van der Waals surface area contributed by atoms with Crippen LogP contribution < -0.4 is 5.32 Å². The van der Waals surface area contributed by atoms with Crippen molar-refractivity contribution in [1.82, 2.24) is 15.1 Å². The first-order chi connectivity index (χ1) is 11.4. The number of nitrogens with zero attached hydrogens (tertiary/aromatic N) is 2. The molecule has 0 atom stereocenters. The molecule has 0 unspecified atom stereocenters. The topological polar surface area (TPSA) is 93.5 Å². The van der Waals surface area contributed by atoms with E-state index < -0.39 is 12.6 Å². The smallest absolute Gasteiger partial charge is 0.329 e. The Labute approximate surface area is 138 Å². The van der Waals surface area contributed by atoms with E-state index in [1.54, 1.807) is 30.7 Å². The summed E-state index contributed by atoms with van der Waals surface area (Å²) in [6, 6.07) is 5.81. The lowest BCUT2D eigenvalue weighted by Crippen LogP contribution is -2.28. The van der Waals surface area contributed by atoms with Crippen LogP contribution in [0.5, 0.6) is 0 Å². The molecule has 2 rings (SSSR count). The minimum atomic E-state index is -1.06. The molecule has 2 aromatic rings. The Kier molecular flexibility index (Phi) is 5.64. The Morgan fingerprint density at radius 1 is 1.29 bits per heavy atom. The van der Waals surface area contributed by atoms with Gasteiger partial charge in [-0.1, -0.05) is 0 Å². The van der Waals surface area contributed by atoms with Gasteiger partial charge in [0.15, 0.2) is 0 Å². The van der Waals surface area contributed by atoms with E-state index in [0.717, 1.165) is 0 Å². The number of amides is 1. The van der Waals surface area contributed by atoms with E-state index in [1.807, 2.05) is 0 Å². The van der Waals surface area contributed by atoms with Crippen molar-refractivity contribution in [3.63, 3.8) is 0 Å². The van der Waals surface area contributed by atoms with Gasteiger partial charge in [0.1, 0.15) is 12.4 Å². The molecule has 0 aliphatic carbocycles. The standard InChI is InChI=1S/C16H18FN3O4/c1-10-15(16(23)18-7-8-24-9-14(21)22)11(2)20(19-10)13-5-3-12(17)4-6-13/h3-6H,7-9H2,1-2H3,(H,18,23)(H,21,22). The largest absolute Gasteiger partial charge is 0.480 e. The number of benzene rings is 1. The van der Waals surface area contributed by atoms with Gasteiger partial charge in [-0.3, -0.25) is 4.79 Å². The second-order valence-electron chi connectivity index (χ2n) is 5.14. The Morgan fingerprint density at radius 3 is 2.58 bits per heavy atom. The number of ether oxygens (including phenoxy) is 1. The molecule has 1 aromatic carbocycles. The third-order valence-electron chi connectivity index (χ3n) is 3.35. The summed E-state index contributed by atoms with van der Waals surface area (Å²) in [5, 5.41) is 15.4. The zero-order valence-electron chi connectivity index (χ0n) is 13.4. The highest BCUT2D eigenvalue weighted by Gasteiger charge is 2.19. The highest BCUT2D eigenvalue weighted by Crippen LogP contribution is 2.18. The summed E-state index contributed by atoms with van der Waals surface area (Å²) in [6.07, 6.45) is 0. The first-order valence-corrected chi connectivity index (χ1v) is 7.30. The van der Waals surface area contributed by atoms with Crippen LogP contribution in [0.25, 0.3) is 5.69 Å². The molecular weight excluding hydrogens is 317 g/mol. The summed E-state index contributed by atoms with van der Waals surface area (Å²) in [4.78, 5) is 22.6. The molecule has 1 aromatic heterocycles. The van der Waals surface area contributed by atoms with Crippen molar-refractivity contribution in [2.45, 2.75) is 13.8 Å². The molecule has 0 bridgehead atoms. The SMILES string of the molecule is Cc1nn(-c2ccc(F)cc2)c(C)c1C(=O)NCCOCC(=O)O. The summed E-state index contributed by atoms with van der Waals surface area (Å²) in [7, 11) is 0. The number of aromatic nitrogens is 2. The summed E-state index contributed by atoms with van der Waals surface area (Å²) >= 11 is 0. The van der Waals surface area contributed by atoms with Gasteiger partial charge in [-0.25, -0.2) is 13.9 Å². The molecule has 0 radical (unpaired) electrons. The first-order valence-electron chi connectivity index (χ1n) is 7.30. The summed E-state index contributed by atoms with van der Waals surface area (Å²) in [6.45, 7) is 3.34. The maximum Gasteiger partial charge on any atom is 0.329 e. The zero-order chi connectivity index (χ0) is 17.7. The Morgan fingerprint density at radius 2 is 1.96 bits per heavy atom. The second-order valence-corrected chi connectivity index (χ2v) is 5.14. The van der Waals surface area contributed by atoms with E-state index in [9.17, 15) is 14.0 Å². The van der Waals surface area contributed by atoms with Crippen LogP contribution in [0.4, 0.5) is 4.39 Å². The lowest BCUT2D eigenvalue weighted by atomic mass is 10.2. The molecule has 2 N–H and O–H groups in total. The van der Waals surface area contributed by atoms with Crippen molar-refractivity contribution in [2.75, 3.05) is 19.8 Å². The summed E-state index contributed by atoms with van der Waals surface area (Å²) in [5.74, 6) is -1.73. The number of aryl methyl sites for hydroxylation is 1. The van der Waals surface area contributed by atoms with Crippen LogP contribution in [-0.4, -0.2) is 46.5 Å². The lowest BCUT2D eigenvalue weighted by Gasteiger charge is -2.07. The molecule has 1 amide bonds. The third kappa shape index (κ3) is 4.17. The minimum Gasteiger partial charge on any atom is -0.480 e. The molecule has 0 saturated heterocycles. The fourth-order valence-electron chi connectivity index (χ4n) is 2.29. The molecule has 128 valence electrons. The van der Waals surface area contributed by atoms with Crippen LogP contribution in [0, 0.1) is 19.7 Å². The first kappa shape index (κ1) is 17.6. The molecule has 0 spiro atoms. The number of halogens is 1. The van der Waals surface area contributed by atoms with Gasteiger partial charge in [0, 0.05) is 6.54 Å². The van der Waals surface area contributed by atoms with Crippen molar-refractivity contribution in [3.8, 4) is 5.69 Å². The fraction of sp³-hybridized carbons (Fsp3) is 0.312. The monoisotopic (exact) mass is 335 g/mol. The molecule has 0 saturated carbocycles. The van der Waals surface area contributed by atoms with Gasteiger partial charge in [-0.2, -0.15) is 5.10 Å². The molecule has 0 aliphatic heterocycles. The number of carbonyl (C=O) groups excluding carboxylic acids is 1. The quantitative estimate of drug-likeness (QED) is 0.747. The van der Waals surface area contributed by atoms with Crippen LogP contribution in [-0.2, 0) is 9.53 Å². The third-order valence-corrected chi connectivity index (χ3v) is 3.35. The van der Waals surface area contributed by atoms with Gasteiger partial charge in [-0.05, 0) is 38.1 Å². The van der Waals surface area contributed by atoms with Gasteiger partial charge in [0.25, 0.3) is 5.91 Å². The zero-order valence-corrected chi connectivity index (χ0v) is 13.4. The molecule has 1 heterocycles. The van der Waals surface area contributed by atoms with Gasteiger partial charge in [-0.15, -0.1) is 0 Å². The van der Waals surface area contributed by atoms with E-state index in [2.05, 4.69) is 10.4 Å². The molecule has 0 aliphatic rings. The molecule has 8 heteroatoms. The summed E-state index contributed by atoms with van der Waals surface area (Å²) in [5.41, 5.74) is 2.25. The highest BCUT2D eigenvalue weighted by atomic mass is 19.1. The van der Waals surface area contributed by atoms with Crippen LogP contribution in [0.3, 0.4) is 0 Å². The van der Waals surface area contributed by atoms with E-state index in [4.69, 9.17) is 9.84 Å². The number of carboxylic acid groups (broad SMARTS) is 1. The number of hydrogen-bond acceptors (Lipinski definition) is 4. The number of hydrogen-bond donors (Lipinski definition) is 2. The van der Waals surface area contributed by atoms with Gasteiger partial charge in [0.05, 0.1) is 29.2 Å². The Hall–Kier alpha value is -2.74. The number of carboxylic acids is 1. The van der Waals surface area contributed by atoms with Crippen LogP contribution in [0.1, 0.15) is 21.7 Å². The number of carbonyl (C=O) groups is 2. The number of nitrogens with one attached hydrogen (secondary N) is 1. The predicted molar refractivity (Wildman–Crippen MR) is 83.8 cm³/mol. The van der Waals surface area contributed by atoms with E-state index in [-0.39, 0.29) is 24.9 Å². The normalized spacial score (nSPS) is 10.6.